The van der Waals surface area contributed by atoms with Crippen LogP contribution in [0.2, 0.25) is 0 Å². The highest BCUT2D eigenvalue weighted by Crippen LogP contribution is 2.32. The number of likely N-dealkylation sites (tertiary alicyclic amines) is 1. The first kappa shape index (κ1) is 16.3. The predicted octanol–water partition coefficient (Wildman–Crippen LogP) is 1.98. The average Bonchev–Trinajstić information content (AvgIpc) is 3.04. The van der Waals surface area contributed by atoms with E-state index in [1.54, 1.807) is 18.2 Å². The van der Waals surface area contributed by atoms with Crippen LogP contribution in [0, 0.1) is 0 Å². The summed E-state index contributed by atoms with van der Waals surface area (Å²) in [6, 6.07) is 2.14. The molecule has 2 rings (SSSR count). The van der Waals surface area contributed by atoms with Crippen LogP contribution in [0.4, 0.5) is 8.78 Å². The number of amides is 1. The van der Waals surface area contributed by atoms with Crippen molar-refractivity contribution >= 4 is 35.6 Å². The lowest BCUT2D eigenvalue weighted by Crippen LogP contribution is -2.37. The third-order valence-corrected chi connectivity index (χ3v) is 4.22. The molecule has 0 radical (unpaired) electrons. The number of esters is 1. The van der Waals surface area contributed by atoms with Crippen LogP contribution in [-0.2, 0) is 14.3 Å². The Morgan fingerprint density at radius 1 is 1.55 bits per heavy atom. The van der Waals surface area contributed by atoms with E-state index in [1.807, 2.05) is 0 Å². The van der Waals surface area contributed by atoms with Gasteiger partial charge in [0.2, 0.25) is 0 Å². The Morgan fingerprint density at radius 3 is 2.91 bits per heavy atom. The lowest BCUT2D eigenvalue weighted by Gasteiger charge is -2.17. The van der Waals surface area contributed by atoms with Crippen molar-refractivity contribution in [3.8, 4) is 0 Å². The topological polar surface area (TPSA) is 63.7 Å². The van der Waals surface area contributed by atoms with E-state index in [0.717, 1.165) is 4.90 Å². The molecule has 22 heavy (non-hydrogen) atoms. The van der Waals surface area contributed by atoms with Crippen molar-refractivity contribution in [2.24, 2.45) is 0 Å². The molecule has 1 amide bonds. The maximum atomic E-state index is 13.3. The number of nitrogens with zero attached hydrogens (tertiary/aromatic N) is 1. The third-order valence-electron chi connectivity index (χ3n) is 3.19. The van der Waals surface area contributed by atoms with Crippen LogP contribution in [0.25, 0.3) is 6.08 Å². The Labute approximate surface area is 129 Å². The first-order valence-corrected chi connectivity index (χ1v) is 7.19. The van der Waals surface area contributed by atoms with Crippen molar-refractivity contribution in [2.75, 3.05) is 13.7 Å². The number of alkyl halides is 2. The van der Waals surface area contributed by atoms with E-state index in [4.69, 9.17) is 0 Å². The number of hydrogen-bond acceptors (Lipinski definition) is 5. The fraction of sp³-hybridized carbons (Fsp3) is 0.357. The molecule has 0 aromatic carbocycles. The molecule has 1 aromatic rings. The second kappa shape index (κ2) is 6.35. The molecule has 8 heteroatoms. The molecule has 0 N–H and O–H groups in total. The molecule has 0 aliphatic carbocycles. The van der Waals surface area contributed by atoms with Gasteiger partial charge in [-0.2, -0.15) is 8.78 Å². The van der Waals surface area contributed by atoms with Gasteiger partial charge in [-0.25, -0.2) is 4.79 Å². The van der Waals surface area contributed by atoms with E-state index in [2.05, 4.69) is 4.74 Å². The van der Waals surface area contributed by atoms with Crippen LogP contribution in [0.1, 0.15) is 21.0 Å². The lowest BCUT2D eigenvalue weighted by atomic mass is 10.2. The summed E-state index contributed by atoms with van der Waals surface area (Å²) in [6.45, 7) is -0.0940. The maximum absolute atomic E-state index is 13.3. The molecule has 1 aromatic heterocycles. The van der Waals surface area contributed by atoms with E-state index in [9.17, 15) is 23.2 Å². The van der Waals surface area contributed by atoms with Crippen LogP contribution >= 0.6 is 11.3 Å². The summed E-state index contributed by atoms with van der Waals surface area (Å²) in [4.78, 5) is 35.6. The van der Waals surface area contributed by atoms with Crippen LogP contribution < -0.4 is 0 Å². The Morgan fingerprint density at radius 2 is 2.27 bits per heavy atom. The van der Waals surface area contributed by atoms with Gasteiger partial charge in [-0.15, -0.1) is 11.3 Å². The van der Waals surface area contributed by atoms with E-state index in [-0.39, 0.29) is 6.54 Å². The van der Waals surface area contributed by atoms with Gasteiger partial charge in [-0.05, 0) is 18.2 Å². The number of carbonyl (C=O) groups excluding carboxylic acids is 3. The molecule has 0 bridgehead atoms. The highest BCUT2D eigenvalue weighted by molar-refractivity contribution is 7.14. The summed E-state index contributed by atoms with van der Waals surface area (Å²) in [5.41, 5.74) is 0. The molecule has 5 nitrogen and oxygen atoms in total. The van der Waals surface area contributed by atoms with Crippen molar-refractivity contribution in [2.45, 2.75) is 18.4 Å². The van der Waals surface area contributed by atoms with Crippen molar-refractivity contribution in [1.29, 1.82) is 0 Å². The van der Waals surface area contributed by atoms with Gasteiger partial charge in [0.05, 0.1) is 13.2 Å². The highest BCUT2D eigenvalue weighted by atomic mass is 32.1. The summed E-state index contributed by atoms with van der Waals surface area (Å²) in [7, 11) is 1.27. The summed E-state index contributed by atoms with van der Waals surface area (Å²) in [6.07, 6.45) is 2.67. The third kappa shape index (κ3) is 3.22. The molecule has 0 saturated carbocycles. The standard InChI is InChI=1S/C14H13F2NO4S/c1-21-12(19)11-5-4-10(22-11)3-2-6-17-9(8-18)7-14(15,16)13(17)20/h2-5,8-9H,6-7H2,1H3/b3-2-/t9-/m1/s1. The molecule has 0 spiro atoms. The Hall–Kier alpha value is -2.09. The smallest absolute Gasteiger partial charge is 0.348 e. The Balaban J connectivity index is 2.02. The minimum atomic E-state index is -3.49. The van der Waals surface area contributed by atoms with Gasteiger partial charge in [-0.3, -0.25) is 4.79 Å². The molecule has 2 heterocycles. The fourth-order valence-corrected chi connectivity index (χ4v) is 2.95. The minimum absolute atomic E-state index is 0.0940. The highest BCUT2D eigenvalue weighted by Gasteiger charge is 2.52. The molecule has 1 aliphatic heterocycles. The van der Waals surface area contributed by atoms with Gasteiger partial charge in [0, 0.05) is 17.8 Å². The number of aldehydes is 1. The second-order valence-corrected chi connectivity index (χ2v) is 5.78. The fourth-order valence-electron chi connectivity index (χ4n) is 2.10. The summed E-state index contributed by atoms with van der Waals surface area (Å²) >= 11 is 1.17. The predicted molar refractivity (Wildman–Crippen MR) is 75.8 cm³/mol. The van der Waals surface area contributed by atoms with Gasteiger partial charge in [0.15, 0.2) is 0 Å². The zero-order valence-electron chi connectivity index (χ0n) is 11.6. The number of carbonyl (C=O) groups is 3. The van der Waals surface area contributed by atoms with Crippen LogP contribution in [0.5, 0.6) is 0 Å². The molecule has 0 unspecified atom stereocenters. The number of ether oxygens (including phenoxy) is 1. The second-order valence-electron chi connectivity index (χ2n) is 4.67. The van der Waals surface area contributed by atoms with Crippen molar-refractivity contribution < 1.29 is 27.9 Å². The van der Waals surface area contributed by atoms with E-state index >= 15 is 0 Å². The van der Waals surface area contributed by atoms with Crippen molar-refractivity contribution in [3.05, 3.63) is 28.0 Å². The lowest BCUT2D eigenvalue weighted by molar-refractivity contribution is -0.147. The Bertz CT molecular complexity index is 626. The van der Waals surface area contributed by atoms with Gasteiger partial charge < -0.3 is 14.4 Å². The van der Waals surface area contributed by atoms with E-state index in [1.165, 1.54) is 24.5 Å². The zero-order valence-corrected chi connectivity index (χ0v) is 12.4. The summed E-state index contributed by atoms with van der Waals surface area (Å²) in [5, 5.41) is 0. The maximum Gasteiger partial charge on any atom is 0.348 e. The van der Waals surface area contributed by atoms with Gasteiger partial charge >= 0.3 is 11.9 Å². The van der Waals surface area contributed by atoms with Gasteiger partial charge in [0.25, 0.3) is 5.91 Å². The molecule has 1 aliphatic rings. The Kier molecular flexibility index (Phi) is 4.70. The van der Waals surface area contributed by atoms with Gasteiger partial charge in [0.1, 0.15) is 11.2 Å². The minimum Gasteiger partial charge on any atom is -0.465 e. The van der Waals surface area contributed by atoms with Crippen molar-refractivity contribution in [3.63, 3.8) is 0 Å². The summed E-state index contributed by atoms with van der Waals surface area (Å²) < 4.78 is 31.1. The first-order chi connectivity index (χ1) is 10.4. The van der Waals surface area contributed by atoms with Crippen LogP contribution in [-0.4, -0.2) is 48.7 Å². The van der Waals surface area contributed by atoms with E-state index < -0.39 is 30.3 Å². The first-order valence-electron chi connectivity index (χ1n) is 6.38. The molecule has 1 saturated heterocycles. The monoisotopic (exact) mass is 329 g/mol. The number of halogens is 2. The van der Waals surface area contributed by atoms with Crippen LogP contribution in [0.15, 0.2) is 18.2 Å². The molecule has 1 atom stereocenters. The number of hydrogen-bond donors (Lipinski definition) is 0. The quantitative estimate of drug-likeness (QED) is 0.612. The SMILES string of the molecule is COC(=O)c1ccc(/C=C\CN2C(=O)C(F)(F)C[C@@H]2C=O)s1. The number of methoxy groups -OCH3 is 1. The molecular formula is C14H13F2NO4S. The molecule has 1 fully saturated rings. The molecular weight excluding hydrogens is 316 g/mol. The zero-order chi connectivity index (χ0) is 16.3. The number of rotatable bonds is 5. The number of thiophene rings is 1. The molecule has 118 valence electrons. The van der Waals surface area contributed by atoms with E-state index in [0.29, 0.717) is 16.0 Å². The van der Waals surface area contributed by atoms with Crippen molar-refractivity contribution in [1.82, 2.24) is 4.90 Å². The largest absolute Gasteiger partial charge is 0.465 e. The normalized spacial score (nSPS) is 20.6. The average molecular weight is 329 g/mol. The van der Waals surface area contributed by atoms with Gasteiger partial charge in [-0.1, -0.05) is 6.08 Å². The van der Waals surface area contributed by atoms with Crippen LogP contribution in [0.3, 0.4) is 0 Å². The summed E-state index contributed by atoms with van der Waals surface area (Å²) in [5.74, 6) is -5.28.